The van der Waals surface area contributed by atoms with Crippen LogP contribution in [0.4, 0.5) is 0 Å². The molecule has 1 fully saturated rings. The Morgan fingerprint density at radius 2 is 2.00 bits per heavy atom. The maximum atomic E-state index is 12.0. The van der Waals surface area contributed by atoms with Gasteiger partial charge in [-0.05, 0) is 43.5 Å². The van der Waals surface area contributed by atoms with Gasteiger partial charge in [0.05, 0.1) is 13.2 Å². The number of nitrogens with one attached hydrogen (secondary N) is 1. The van der Waals surface area contributed by atoms with Crippen LogP contribution in [0.2, 0.25) is 0 Å². The van der Waals surface area contributed by atoms with Crippen LogP contribution in [0.15, 0.2) is 24.3 Å². The summed E-state index contributed by atoms with van der Waals surface area (Å²) in [6.07, 6.45) is 3.78. The van der Waals surface area contributed by atoms with E-state index in [1.807, 2.05) is 0 Å². The van der Waals surface area contributed by atoms with Crippen molar-refractivity contribution in [2.24, 2.45) is 0 Å². The minimum Gasteiger partial charge on any atom is -0.497 e. The van der Waals surface area contributed by atoms with Crippen molar-refractivity contribution in [1.29, 1.82) is 0 Å². The van der Waals surface area contributed by atoms with Gasteiger partial charge in [-0.3, -0.25) is 9.59 Å². The Bertz CT molecular complexity index is 492. The lowest BCUT2D eigenvalue weighted by Gasteiger charge is -2.22. The van der Waals surface area contributed by atoms with Crippen molar-refractivity contribution in [1.82, 2.24) is 5.32 Å². The smallest absolute Gasteiger partial charge is 0.220 e. The molecule has 0 unspecified atom stereocenters. The minimum atomic E-state index is -0.101. The van der Waals surface area contributed by atoms with Gasteiger partial charge < -0.3 is 14.8 Å². The molecule has 2 rings (SSSR count). The number of hydrogen-bond acceptors (Lipinski definition) is 4. The number of benzene rings is 1. The second-order valence-electron chi connectivity index (χ2n) is 5.44. The van der Waals surface area contributed by atoms with E-state index >= 15 is 0 Å². The minimum absolute atomic E-state index is 0.0354. The van der Waals surface area contributed by atoms with Gasteiger partial charge in [0.25, 0.3) is 0 Å². The van der Waals surface area contributed by atoms with Crippen LogP contribution in [0, 0.1) is 0 Å². The van der Waals surface area contributed by atoms with Gasteiger partial charge in [-0.2, -0.15) is 0 Å². The summed E-state index contributed by atoms with van der Waals surface area (Å²) in [6.45, 7) is 1.31. The first kappa shape index (κ1) is 16.5. The molecule has 0 bridgehead atoms. The SMILES string of the molecule is COc1ccc(C(=O)CCC(=O)NC[C@H]2CCCCO2)cc1. The van der Waals surface area contributed by atoms with Crippen LogP contribution in [-0.4, -0.2) is 38.1 Å². The van der Waals surface area contributed by atoms with Gasteiger partial charge in [0.1, 0.15) is 5.75 Å². The van der Waals surface area contributed by atoms with E-state index in [9.17, 15) is 9.59 Å². The molecule has 1 aliphatic heterocycles. The molecule has 0 radical (unpaired) electrons. The molecule has 1 amide bonds. The third-order valence-electron chi connectivity index (χ3n) is 3.79. The van der Waals surface area contributed by atoms with Crippen LogP contribution in [-0.2, 0) is 9.53 Å². The van der Waals surface area contributed by atoms with E-state index in [0.717, 1.165) is 25.9 Å². The highest BCUT2D eigenvalue weighted by Crippen LogP contribution is 2.14. The third-order valence-corrected chi connectivity index (χ3v) is 3.79. The van der Waals surface area contributed by atoms with Crippen molar-refractivity contribution in [3.63, 3.8) is 0 Å². The zero-order chi connectivity index (χ0) is 15.8. The molecule has 0 aliphatic carbocycles. The molecule has 1 saturated heterocycles. The van der Waals surface area contributed by atoms with E-state index in [-0.39, 0.29) is 30.6 Å². The number of carbonyl (C=O) groups excluding carboxylic acids is 2. The van der Waals surface area contributed by atoms with Crippen LogP contribution >= 0.6 is 0 Å². The molecule has 22 heavy (non-hydrogen) atoms. The van der Waals surface area contributed by atoms with Crippen molar-refractivity contribution in [2.45, 2.75) is 38.2 Å². The topological polar surface area (TPSA) is 64.6 Å². The molecule has 1 aromatic carbocycles. The number of Topliss-reactive ketones (excluding diaryl/α,β-unsaturated/α-hetero) is 1. The highest BCUT2D eigenvalue weighted by Gasteiger charge is 2.15. The van der Waals surface area contributed by atoms with Crippen LogP contribution < -0.4 is 10.1 Å². The molecule has 0 aromatic heterocycles. The van der Waals surface area contributed by atoms with Crippen molar-refractivity contribution in [3.05, 3.63) is 29.8 Å². The van der Waals surface area contributed by atoms with Crippen LogP contribution in [0.25, 0.3) is 0 Å². The molecular formula is C17H23NO4. The van der Waals surface area contributed by atoms with Crippen molar-refractivity contribution in [2.75, 3.05) is 20.3 Å². The first-order valence-electron chi connectivity index (χ1n) is 7.74. The van der Waals surface area contributed by atoms with Crippen molar-refractivity contribution >= 4 is 11.7 Å². The summed E-state index contributed by atoms with van der Waals surface area (Å²) in [5.74, 6) is 0.574. The van der Waals surface area contributed by atoms with E-state index in [2.05, 4.69) is 5.32 Å². The van der Waals surface area contributed by atoms with E-state index in [1.165, 1.54) is 0 Å². The number of hydrogen-bond donors (Lipinski definition) is 1. The lowest BCUT2D eigenvalue weighted by Crippen LogP contribution is -2.35. The average Bonchev–Trinajstić information content (AvgIpc) is 2.58. The van der Waals surface area contributed by atoms with Crippen molar-refractivity contribution in [3.8, 4) is 5.75 Å². The molecule has 0 saturated carbocycles. The maximum absolute atomic E-state index is 12.0. The Balaban J connectivity index is 1.69. The van der Waals surface area contributed by atoms with E-state index in [0.29, 0.717) is 17.9 Å². The third kappa shape index (κ3) is 5.15. The average molecular weight is 305 g/mol. The normalized spacial score (nSPS) is 17.8. The number of carbonyl (C=O) groups is 2. The number of methoxy groups -OCH3 is 1. The van der Waals surface area contributed by atoms with Gasteiger partial charge in [0.15, 0.2) is 5.78 Å². The fraction of sp³-hybridized carbons (Fsp3) is 0.529. The highest BCUT2D eigenvalue weighted by atomic mass is 16.5. The second kappa shape index (κ2) is 8.54. The Labute approximate surface area is 131 Å². The first-order chi connectivity index (χ1) is 10.7. The largest absolute Gasteiger partial charge is 0.497 e. The standard InChI is InChI=1S/C17H23NO4/c1-21-14-7-5-13(6-8-14)16(19)9-10-17(20)18-12-15-4-2-3-11-22-15/h5-8,15H,2-4,9-12H2,1H3,(H,18,20)/t15-/m1/s1. The van der Waals surface area contributed by atoms with Crippen LogP contribution in [0.1, 0.15) is 42.5 Å². The predicted molar refractivity (Wildman–Crippen MR) is 83.2 cm³/mol. The Morgan fingerprint density at radius 3 is 2.64 bits per heavy atom. The molecule has 1 atom stereocenters. The second-order valence-corrected chi connectivity index (χ2v) is 5.44. The van der Waals surface area contributed by atoms with Crippen LogP contribution in [0.5, 0.6) is 5.75 Å². The summed E-state index contributed by atoms with van der Waals surface area (Å²) in [4.78, 5) is 23.8. The summed E-state index contributed by atoms with van der Waals surface area (Å²) in [7, 11) is 1.58. The summed E-state index contributed by atoms with van der Waals surface area (Å²) in [5.41, 5.74) is 0.601. The van der Waals surface area contributed by atoms with E-state index in [4.69, 9.17) is 9.47 Å². The van der Waals surface area contributed by atoms with Gasteiger partial charge >= 0.3 is 0 Å². The number of ether oxygens (including phenoxy) is 2. The van der Waals surface area contributed by atoms with E-state index in [1.54, 1.807) is 31.4 Å². The van der Waals surface area contributed by atoms with Crippen molar-refractivity contribution < 1.29 is 19.1 Å². The lowest BCUT2D eigenvalue weighted by molar-refractivity contribution is -0.122. The monoisotopic (exact) mass is 305 g/mol. The molecule has 120 valence electrons. The number of amides is 1. The van der Waals surface area contributed by atoms with E-state index < -0.39 is 0 Å². The highest BCUT2D eigenvalue weighted by molar-refractivity contribution is 5.98. The summed E-state index contributed by atoms with van der Waals surface area (Å²) in [5, 5.41) is 2.84. The maximum Gasteiger partial charge on any atom is 0.220 e. The van der Waals surface area contributed by atoms with Gasteiger partial charge in [-0.15, -0.1) is 0 Å². The van der Waals surface area contributed by atoms with Gasteiger partial charge in [0.2, 0.25) is 5.91 Å². The Morgan fingerprint density at radius 1 is 1.23 bits per heavy atom. The molecule has 5 heteroatoms. The molecule has 5 nitrogen and oxygen atoms in total. The summed E-state index contributed by atoms with van der Waals surface area (Å²) >= 11 is 0. The molecule has 0 spiro atoms. The van der Waals surface area contributed by atoms with Gasteiger partial charge in [0, 0.05) is 31.6 Å². The number of rotatable bonds is 7. The molecule has 1 N–H and O–H groups in total. The summed E-state index contributed by atoms with van der Waals surface area (Å²) in [6, 6.07) is 6.92. The first-order valence-corrected chi connectivity index (χ1v) is 7.74. The fourth-order valence-corrected chi connectivity index (χ4v) is 2.43. The summed E-state index contributed by atoms with van der Waals surface area (Å²) < 4.78 is 10.6. The van der Waals surface area contributed by atoms with Gasteiger partial charge in [-0.1, -0.05) is 0 Å². The molecular weight excluding hydrogens is 282 g/mol. The zero-order valence-electron chi connectivity index (χ0n) is 13.0. The molecule has 1 heterocycles. The Hall–Kier alpha value is -1.88. The molecule has 1 aliphatic rings. The van der Waals surface area contributed by atoms with Gasteiger partial charge in [-0.25, -0.2) is 0 Å². The predicted octanol–water partition coefficient (Wildman–Crippen LogP) is 2.34. The Kier molecular flexibility index (Phi) is 6.40. The lowest BCUT2D eigenvalue weighted by atomic mass is 10.1. The quantitative estimate of drug-likeness (QED) is 0.785. The fourth-order valence-electron chi connectivity index (χ4n) is 2.43. The molecule has 1 aromatic rings. The number of ketones is 1. The zero-order valence-corrected chi connectivity index (χ0v) is 13.0. The van der Waals surface area contributed by atoms with Crippen LogP contribution in [0.3, 0.4) is 0 Å².